The van der Waals surface area contributed by atoms with Crippen LogP contribution < -0.4 is 0 Å². The van der Waals surface area contributed by atoms with Gasteiger partial charge in [0.15, 0.2) is 0 Å². The van der Waals surface area contributed by atoms with Crippen molar-refractivity contribution in [2.75, 3.05) is 0 Å². The van der Waals surface area contributed by atoms with E-state index in [1.165, 1.54) is 195 Å². The van der Waals surface area contributed by atoms with Crippen molar-refractivity contribution in [3.63, 3.8) is 0 Å². The average molecular weight is 1710 g/mol. The van der Waals surface area contributed by atoms with Crippen LogP contribution in [-0.2, 0) is 0 Å². The molecule has 0 saturated heterocycles. The molecule has 0 N–H and O–H groups in total. The third kappa shape index (κ3) is 26.0. The fraction of sp³-hybridized carbons (Fsp3) is 0.0526. The van der Waals surface area contributed by atoms with E-state index in [1.54, 1.807) is 0 Å². The molecule has 0 bridgehead atoms. The third-order valence-electron chi connectivity index (χ3n) is 23.6. The summed E-state index contributed by atoms with van der Waals surface area (Å²) in [6.45, 7) is 15.0. The molecule has 0 saturated carbocycles. The van der Waals surface area contributed by atoms with Gasteiger partial charge in [0.05, 0.1) is 0 Å². The summed E-state index contributed by atoms with van der Waals surface area (Å²) in [4.78, 5) is 0. The van der Waals surface area contributed by atoms with Crippen LogP contribution in [0.5, 0.6) is 0 Å². The Bertz CT molecular complexity index is 6950. The van der Waals surface area contributed by atoms with E-state index in [0.717, 1.165) is 0 Å². The molecule has 21 aromatic rings. The van der Waals surface area contributed by atoms with Gasteiger partial charge in [-0.1, -0.05) is 550 Å². The standard InChI is InChI=1S/7C19H16/c1-15-18(16-9-4-2-5-10-16)13-8-14-19(15)17-11-6-3-7-12-17;1-15-12-18(16-8-4-2-5-9-16)14-19(13-15)17-10-6-3-7-11-17;1-15-12-13-18(16-8-4-2-5-9-16)14-19(15)17-10-6-3-7-11-17;1-15-7-5-10-17(13-15)19-12-6-11-18(14-19)16-8-3-2-4-9-16;1-15-6-5-9-19(14-15)18-12-10-17(11-13-18)16-7-3-2-4-8-16;1-15-11-13-17(14-12-15)19-10-6-5-9-18(19)16-7-3-2-4-8-16;1-15-10-12-17(13-11-15)19-9-5-8-18(14-19)16-6-3-2-4-7-16/h7*2-14H,1H3. The van der Waals surface area contributed by atoms with E-state index in [4.69, 9.17) is 0 Å². The van der Waals surface area contributed by atoms with Gasteiger partial charge in [0.2, 0.25) is 0 Å². The molecule has 0 amide bonds. The van der Waals surface area contributed by atoms with Crippen LogP contribution in [0.3, 0.4) is 0 Å². The van der Waals surface area contributed by atoms with Crippen LogP contribution in [0.1, 0.15) is 38.9 Å². The molecule has 0 aliphatic heterocycles. The molecular formula is C133H112. The molecule has 0 heterocycles. The van der Waals surface area contributed by atoms with E-state index in [9.17, 15) is 0 Å². The van der Waals surface area contributed by atoms with Crippen molar-refractivity contribution in [3.8, 4) is 156 Å². The summed E-state index contributed by atoms with van der Waals surface area (Å²) >= 11 is 0. The summed E-state index contributed by atoms with van der Waals surface area (Å²) in [5.74, 6) is 0. The van der Waals surface area contributed by atoms with Crippen LogP contribution in [-0.4, -0.2) is 0 Å². The summed E-state index contributed by atoms with van der Waals surface area (Å²) in [6, 6.07) is 195. The quantitative estimate of drug-likeness (QED) is 0.102. The highest BCUT2D eigenvalue weighted by atomic mass is 14.2. The third-order valence-corrected chi connectivity index (χ3v) is 23.6. The van der Waals surface area contributed by atoms with Gasteiger partial charge >= 0.3 is 0 Å². The lowest BCUT2D eigenvalue weighted by molar-refractivity contribution is 1.45. The summed E-state index contributed by atoms with van der Waals surface area (Å²) in [5, 5.41) is 0. The molecular weight excluding hydrogens is 1600 g/mol. The van der Waals surface area contributed by atoms with Gasteiger partial charge in [0.25, 0.3) is 0 Å². The molecule has 0 aliphatic rings. The molecule has 21 rings (SSSR count). The van der Waals surface area contributed by atoms with Crippen molar-refractivity contribution in [2.45, 2.75) is 48.5 Å². The highest BCUT2D eigenvalue weighted by Gasteiger charge is 2.12. The molecule has 0 unspecified atom stereocenters. The van der Waals surface area contributed by atoms with Gasteiger partial charge in [-0.3, -0.25) is 0 Å². The van der Waals surface area contributed by atoms with Crippen molar-refractivity contribution in [1.82, 2.24) is 0 Å². The number of rotatable bonds is 14. The maximum atomic E-state index is 2.28. The van der Waals surface area contributed by atoms with Crippen LogP contribution in [0.15, 0.2) is 552 Å². The minimum atomic E-state index is 1.26. The molecule has 0 radical (unpaired) electrons. The van der Waals surface area contributed by atoms with Crippen molar-refractivity contribution in [2.24, 2.45) is 0 Å². The summed E-state index contributed by atoms with van der Waals surface area (Å²) in [6.07, 6.45) is 0. The topological polar surface area (TPSA) is 0 Å². The van der Waals surface area contributed by atoms with Crippen LogP contribution in [0.25, 0.3) is 156 Å². The Balaban J connectivity index is 0.000000118. The Kier molecular flexibility index (Phi) is 32.3. The lowest BCUT2D eigenvalue weighted by atomic mass is 9.93. The van der Waals surface area contributed by atoms with Gasteiger partial charge in [-0.05, 0) is 245 Å². The van der Waals surface area contributed by atoms with Crippen LogP contribution in [0, 0.1) is 48.5 Å². The first kappa shape index (κ1) is 91.4. The lowest BCUT2D eigenvalue weighted by Gasteiger charge is -2.11. The predicted molar refractivity (Wildman–Crippen MR) is 574 cm³/mol. The Hall–Kier alpha value is -16.4. The predicted octanol–water partition coefficient (Wildman–Crippen LogP) is 37.3. The zero-order valence-corrected chi connectivity index (χ0v) is 77.0. The van der Waals surface area contributed by atoms with Crippen LogP contribution in [0.4, 0.5) is 0 Å². The molecule has 0 spiro atoms. The summed E-state index contributed by atoms with van der Waals surface area (Å²) in [5.41, 5.74) is 44.8. The van der Waals surface area contributed by atoms with Gasteiger partial charge in [0, 0.05) is 0 Å². The van der Waals surface area contributed by atoms with E-state index in [-0.39, 0.29) is 0 Å². The maximum Gasteiger partial charge on any atom is -0.0105 e. The van der Waals surface area contributed by atoms with Crippen molar-refractivity contribution >= 4 is 0 Å². The van der Waals surface area contributed by atoms with E-state index < -0.39 is 0 Å². The summed E-state index contributed by atoms with van der Waals surface area (Å²) in [7, 11) is 0. The zero-order valence-electron chi connectivity index (χ0n) is 77.0. The summed E-state index contributed by atoms with van der Waals surface area (Å²) < 4.78 is 0. The van der Waals surface area contributed by atoms with Gasteiger partial charge in [-0.25, -0.2) is 0 Å². The molecule has 0 nitrogen and oxygen atoms in total. The highest BCUT2D eigenvalue weighted by molar-refractivity contribution is 5.85. The van der Waals surface area contributed by atoms with Crippen molar-refractivity contribution in [1.29, 1.82) is 0 Å². The second-order valence-corrected chi connectivity index (χ2v) is 33.5. The Morgan fingerprint density at radius 3 is 0.609 bits per heavy atom. The minimum Gasteiger partial charge on any atom is -0.0622 e. The first-order valence-electron chi connectivity index (χ1n) is 45.9. The molecule has 0 aliphatic carbocycles. The van der Waals surface area contributed by atoms with Gasteiger partial charge in [-0.2, -0.15) is 0 Å². The largest absolute Gasteiger partial charge is 0.0622 e. The first-order valence-corrected chi connectivity index (χ1v) is 45.9. The van der Waals surface area contributed by atoms with Crippen LogP contribution in [0.2, 0.25) is 0 Å². The minimum absolute atomic E-state index is 1.26. The molecule has 0 fully saturated rings. The fourth-order valence-corrected chi connectivity index (χ4v) is 16.5. The number of hydrogen-bond acceptors (Lipinski definition) is 0. The fourth-order valence-electron chi connectivity index (χ4n) is 16.5. The maximum absolute atomic E-state index is 2.28. The van der Waals surface area contributed by atoms with E-state index in [2.05, 4.69) is 582 Å². The SMILES string of the molecule is Cc1c(-c2ccccc2)cccc1-c1ccccc1.Cc1cc(-c2ccccc2)cc(-c2ccccc2)c1.Cc1ccc(-c2cccc(-c3ccccc3)c2)cc1.Cc1ccc(-c2ccccc2)cc1-c1ccccc1.Cc1ccc(-c2ccccc2-c2ccccc2)cc1.Cc1cccc(-c2ccc(-c3ccccc3)cc2)c1.Cc1cccc(-c2cccc(-c3ccccc3)c2)c1. The second kappa shape index (κ2) is 47.1. The number of hydrogen-bond donors (Lipinski definition) is 0. The number of benzene rings is 21. The van der Waals surface area contributed by atoms with Crippen LogP contribution >= 0.6 is 0 Å². The van der Waals surface area contributed by atoms with Crippen molar-refractivity contribution < 1.29 is 0 Å². The van der Waals surface area contributed by atoms with E-state index >= 15 is 0 Å². The Labute approximate surface area is 789 Å². The monoisotopic (exact) mass is 1710 g/mol. The van der Waals surface area contributed by atoms with E-state index in [0.29, 0.717) is 0 Å². The molecule has 133 heavy (non-hydrogen) atoms. The molecule has 0 heteroatoms. The highest BCUT2D eigenvalue weighted by Crippen LogP contribution is 2.37. The van der Waals surface area contributed by atoms with Crippen molar-refractivity contribution in [3.05, 3.63) is 591 Å². The second-order valence-electron chi connectivity index (χ2n) is 33.5. The average Bonchev–Trinajstić information content (AvgIpc) is 0.838. The Morgan fingerprint density at radius 1 is 0.0902 bits per heavy atom. The Morgan fingerprint density at radius 2 is 0.271 bits per heavy atom. The van der Waals surface area contributed by atoms with Gasteiger partial charge in [-0.15, -0.1) is 0 Å². The molecule has 21 aromatic carbocycles. The van der Waals surface area contributed by atoms with E-state index in [1.807, 2.05) is 18.2 Å². The normalized spacial score (nSPS) is 10.4. The molecule has 0 aromatic heterocycles. The smallest absolute Gasteiger partial charge is 0.0105 e. The van der Waals surface area contributed by atoms with Gasteiger partial charge < -0.3 is 0 Å². The first-order chi connectivity index (χ1) is 65.4. The van der Waals surface area contributed by atoms with Gasteiger partial charge in [0.1, 0.15) is 0 Å². The molecule has 644 valence electrons. The lowest BCUT2D eigenvalue weighted by Crippen LogP contribution is -1.87. The number of aryl methyl sites for hydroxylation is 6. The molecule has 0 atom stereocenters. The zero-order chi connectivity index (χ0) is 91.6.